The summed E-state index contributed by atoms with van der Waals surface area (Å²) < 4.78 is 8.03. The van der Waals surface area contributed by atoms with Crippen LogP contribution in [0.25, 0.3) is 0 Å². The summed E-state index contributed by atoms with van der Waals surface area (Å²) in [4.78, 5) is 16.2. The Kier molecular flexibility index (Phi) is 6.49. The van der Waals surface area contributed by atoms with Crippen molar-refractivity contribution in [2.24, 2.45) is 0 Å². The molecule has 0 amide bonds. The lowest BCUT2D eigenvalue weighted by Gasteiger charge is -2.04. The van der Waals surface area contributed by atoms with Crippen LogP contribution in [0.1, 0.15) is 18.1 Å². The van der Waals surface area contributed by atoms with Gasteiger partial charge in [-0.2, -0.15) is 0 Å². The Bertz CT molecular complexity index is 661. The number of rotatable bonds is 5. The van der Waals surface area contributed by atoms with E-state index in [1.54, 1.807) is 31.3 Å². The number of carbonyl (C=O) groups excluding carboxylic acids is 1. The highest BCUT2D eigenvalue weighted by atomic mass is 32.2. The second-order valence-electron chi connectivity index (χ2n) is 4.27. The fraction of sp³-hybridized carbons (Fsp3) is 0.176. The Morgan fingerprint density at radius 2 is 1.95 bits per heavy atom. The molecule has 0 spiro atoms. The smallest absolute Gasteiger partial charge is 0.384 e. The number of hydrogen-bond donors (Lipinski definition) is 1. The quantitative estimate of drug-likeness (QED) is 0.523. The van der Waals surface area contributed by atoms with Crippen molar-refractivity contribution in [1.82, 2.24) is 9.71 Å². The molecule has 0 unspecified atom stereocenters. The number of hydrogen-bond acceptors (Lipinski definition) is 5. The molecule has 0 saturated heterocycles. The molecule has 1 heterocycles. The molecule has 5 heteroatoms. The summed E-state index contributed by atoms with van der Waals surface area (Å²) >= 11 is 1.55. The van der Waals surface area contributed by atoms with Crippen LogP contribution in [0.3, 0.4) is 0 Å². The minimum atomic E-state index is -0.500. The van der Waals surface area contributed by atoms with E-state index in [0.29, 0.717) is 6.61 Å². The summed E-state index contributed by atoms with van der Waals surface area (Å²) in [5, 5.41) is 0. The minimum absolute atomic E-state index is 0.340. The summed E-state index contributed by atoms with van der Waals surface area (Å²) in [5.41, 5.74) is 1.96. The van der Waals surface area contributed by atoms with Gasteiger partial charge in [-0.1, -0.05) is 5.92 Å². The van der Waals surface area contributed by atoms with Gasteiger partial charge < -0.3 is 4.74 Å². The molecule has 0 atom stereocenters. The Morgan fingerprint density at radius 1 is 1.23 bits per heavy atom. The van der Waals surface area contributed by atoms with E-state index in [1.807, 2.05) is 36.4 Å². The average Bonchev–Trinajstić information content (AvgIpc) is 2.55. The summed E-state index contributed by atoms with van der Waals surface area (Å²) in [5.74, 6) is 4.72. The van der Waals surface area contributed by atoms with E-state index in [-0.39, 0.29) is 0 Å². The highest BCUT2D eigenvalue weighted by Crippen LogP contribution is 2.15. The van der Waals surface area contributed by atoms with Crippen LogP contribution < -0.4 is 4.72 Å². The third-order valence-electron chi connectivity index (χ3n) is 2.65. The Hall–Kier alpha value is -2.29. The molecule has 0 fully saturated rings. The fourth-order valence-electron chi connectivity index (χ4n) is 1.60. The molecule has 22 heavy (non-hydrogen) atoms. The predicted octanol–water partition coefficient (Wildman–Crippen LogP) is 2.79. The van der Waals surface area contributed by atoms with Gasteiger partial charge >= 0.3 is 5.97 Å². The van der Waals surface area contributed by atoms with E-state index < -0.39 is 5.97 Å². The van der Waals surface area contributed by atoms with E-state index in [1.165, 1.54) is 5.56 Å². The van der Waals surface area contributed by atoms with E-state index in [2.05, 4.69) is 21.5 Å². The van der Waals surface area contributed by atoms with Crippen LogP contribution in [0, 0.1) is 11.8 Å². The average molecular weight is 312 g/mol. The third kappa shape index (κ3) is 5.60. The molecular weight excluding hydrogens is 296 g/mol. The molecule has 4 nitrogen and oxygen atoms in total. The Labute approximate surface area is 134 Å². The van der Waals surface area contributed by atoms with Crippen molar-refractivity contribution in [2.75, 3.05) is 6.61 Å². The maximum absolute atomic E-state index is 11.1. The highest BCUT2D eigenvalue weighted by molar-refractivity contribution is 7.97. The van der Waals surface area contributed by atoms with Crippen molar-refractivity contribution in [2.45, 2.75) is 18.4 Å². The molecule has 0 radical (unpaired) electrons. The van der Waals surface area contributed by atoms with Crippen molar-refractivity contribution in [3.8, 4) is 11.8 Å². The molecule has 0 bridgehead atoms. The van der Waals surface area contributed by atoms with E-state index in [9.17, 15) is 4.79 Å². The van der Waals surface area contributed by atoms with Gasteiger partial charge in [0.25, 0.3) is 0 Å². The summed E-state index contributed by atoms with van der Waals surface area (Å²) in [7, 11) is 0. The Balaban J connectivity index is 1.83. The fourth-order valence-corrected chi connectivity index (χ4v) is 2.28. The minimum Gasteiger partial charge on any atom is -0.456 e. The van der Waals surface area contributed by atoms with Crippen LogP contribution >= 0.6 is 11.9 Å². The normalized spacial score (nSPS) is 9.68. The lowest BCUT2D eigenvalue weighted by Crippen LogP contribution is -2.02. The zero-order valence-corrected chi connectivity index (χ0v) is 13.0. The van der Waals surface area contributed by atoms with Crippen LogP contribution in [-0.4, -0.2) is 17.6 Å². The number of aromatic nitrogens is 1. The molecule has 2 rings (SSSR count). The first-order valence-corrected chi connectivity index (χ1v) is 7.67. The van der Waals surface area contributed by atoms with Crippen LogP contribution in [0.15, 0.2) is 53.7 Å². The largest absolute Gasteiger partial charge is 0.456 e. The second-order valence-corrected chi connectivity index (χ2v) is 5.24. The first-order chi connectivity index (χ1) is 10.8. The van der Waals surface area contributed by atoms with E-state index >= 15 is 0 Å². The first-order valence-electron chi connectivity index (χ1n) is 6.85. The van der Waals surface area contributed by atoms with Crippen molar-refractivity contribution < 1.29 is 9.53 Å². The van der Waals surface area contributed by atoms with E-state index in [4.69, 9.17) is 4.74 Å². The predicted molar refractivity (Wildman–Crippen MR) is 86.9 cm³/mol. The van der Waals surface area contributed by atoms with Crippen LogP contribution in [-0.2, 0) is 16.1 Å². The first kappa shape index (κ1) is 16.1. The standard InChI is InChI=1S/C17H16N2O2S/c1-2-21-17(20)8-5-14-3-6-16(7-4-14)22-19-13-15-9-11-18-12-10-15/h3-4,6-7,9-12,19H,2,13H2,1H3. The van der Waals surface area contributed by atoms with Crippen LogP contribution in [0.2, 0.25) is 0 Å². The molecule has 1 aromatic carbocycles. The molecule has 1 aromatic heterocycles. The zero-order chi connectivity index (χ0) is 15.6. The second kappa shape index (κ2) is 8.88. The number of carbonyl (C=O) groups is 1. The SMILES string of the molecule is CCOC(=O)C#Cc1ccc(SNCc2ccncc2)cc1. The number of nitrogens with one attached hydrogen (secondary N) is 1. The number of esters is 1. The van der Waals surface area contributed by atoms with Gasteiger partial charge in [0.15, 0.2) is 0 Å². The molecule has 0 aliphatic heterocycles. The van der Waals surface area contributed by atoms with E-state index in [0.717, 1.165) is 17.0 Å². The van der Waals surface area contributed by atoms with Gasteiger partial charge in [0.2, 0.25) is 0 Å². The monoisotopic (exact) mass is 312 g/mol. The molecule has 0 saturated carbocycles. The maximum Gasteiger partial charge on any atom is 0.384 e. The Morgan fingerprint density at radius 3 is 2.64 bits per heavy atom. The van der Waals surface area contributed by atoms with Crippen molar-refractivity contribution in [3.63, 3.8) is 0 Å². The summed E-state index contributed by atoms with van der Waals surface area (Å²) in [6.45, 7) is 2.86. The van der Waals surface area contributed by atoms with Gasteiger partial charge in [0, 0.05) is 35.3 Å². The highest BCUT2D eigenvalue weighted by Gasteiger charge is 1.96. The lowest BCUT2D eigenvalue weighted by molar-refractivity contribution is -0.136. The molecule has 0 aliphatic carbocycles. The van der Waals surface area contributed by atoms with Crippen LogP contribution in [0.4, 0.5) is 0 Å². The van der Waals surface area contributed by atoms with Crippen LogP contribution in [0.5, 0.6) is 0 Å². The summed E-state index contributed by atoms with van der Waals surface area (Å²) in [6.07, 6.45) is 3.55. The number of nitrogens with zero attached hydrogens (tertiary/aromatic N) is 1. The van der Waals surface area contributed by atoms with Crippen molar-refractivity contribution in [3.05, 3.63) is 59.9 Å². The van der Waals surface area contributed by atoms with Crippen molar-refractivity contribution in [1.29, 1.82) is 0 Å². The maximum atomic E-state index is 11.1. The third-order valence-corrected chi connectivity index (χ3v) is 3.45. The molecular formula is C17H16N2O2S. The van der Waals surface area contributed by atoms with Gasteiger partial charge in [-0.05, 0) is 60.8 Å². The number of pyridine rings is 1. The topological polar surface area (TPSA) is 51.2 Å². The molecule has 2 aromatic rings. The van der Waals surface area contributed by atoms with Gasteiger partial charge in [0.05, 0.1) is 6.61 Å². The zero-order valence-electron chi connectivity index (χ0n) is 12.2. The lowest BCUT2D eigenvalue weighted by atomic mass is 10.2. The van der Waals surface area contributed by atoms with Gasteiger partial charge in [-0.25, -0.2) is 4.79 Å². The van der Waals surface area contributed by atoms with Gasteiger partial charge in [0.1, 0.15) is 0 Å². The van der Waals surface area contributed by atoms with Crippen molar-refractivity contribution >= 4 is 17.9 Å². The molecule has 1 N–H and O–H groups in total. The molecule has 0 aliphatic rings. The number of ether oxygens (including phenoxy) is 1. The summed E-state index contributed by atoms with van der Waals surface area (Å²) in [6, 6.07) is 11.6. The number of benzene rings is 1. The molecule has 112 valence electrons. The van der Waals surface area contributed by atoms with Gasteiger partial charge in [-0.3, -0.25) is 9.71 Å². The van der Waals surface area contributed by atoms with Gasteiger partial charge in [-0.15, -0.1) is 0 Å².